The number of amides is 1. The Morgan fingerprint density at radius 1 is 0.913 bits per heavy atom. The van der Waals surface area contributed by atoms with E-state index in [0.29, 0.717) is 33.0 Å². The Morgan fingerprint density at radius 2 is 1.52 bits per heavy atom. The highest BCUT2D eigenvalue weighted by Gasteiger charge is 2.18. The van der Waals surface area contributed by atoms with Crippen molar-refractivity contribution in [3.63, 3.8) is 0 Å². The second-order valence-electron chi connectivity index (χ2n) is 4.49. The SMILES string of the molecule is COc1cc(OC)c(C(=O)Nc2ccc(Cl)cc2Cl)cc1OC. The minimum atomic E-state index is -0.396. The molecule has 0 heterocycles. The van der Waals surface area contributed by atoms with Gasteiger partial charge in [-0.3, -0.25) is 4.79 Å². The lowest BCUT2D eigenvalue weighted by Gasteiger charge is -2.14. The van der Waals surface area contributed by atoms with Gasteiger partial charge >= 0.3 is 0 Å². The maximum absolute atomic E-state index is 12.5. The van der Waals surface area contributed by atoms with Crippen LogP contribution in [0.25, 0.3) is 0 Å². The monoisotopic (exact) mass is 355 g/mol. The quantitative estimate of drug-likeness (QED) is 0.869. The van der Waals surface area contributed by atoms with Crippen LogP contribution in [-0.2, 0) is 0 Å². The van der Waals surface area contributed by atoms with Crippen molar-refractivity contribution in [2.24, 2.45) is 0 Å². The van der Waals surface area contributed by atoms with Gasteiger partial charge in [0.25, 0.3) is 5.91 Å². The van der Waals surface area contributed by atoms with E-state index in [1.54, 1.807) is 24.3 Å². The minimum Gasteiger partial charge on any atom is -0.496 e. The van der Waals surface area contributed by atoms with Crippen LogP contribution in [0.5, 0.6) is 17.2 Å². The summed E-state index contributed by atoms with van der Waals surface area (Å²) in [5.41, 5.74) is 0.731. The van der Waals surface area contributed by atoms with Crippen molar-refractivity contribution < 1.29 is 19.0 Å². The molecule has 0 aromatic heterocycles. The number of ether oxygens (including phenoxy) is 3. The minimum absolute atomic E-state index is 0.288. The average Bonchev–Trinajstić information content (AvgIpc) is 2.55. The predicted octanol–water partition coefficient (Wildman–Crippen LogP) is 4.27. The molecule has 2 aromatic rings. The highest BCUT2D eigenvalue weighted by molar-refractivity contribution is 6.36. The number of carbonyl (C=O) groups excluding carboxylic acids is 1. The van der Waals surface area contributed by atoms with E-state index in [2.05, 4.69) is 5.32 Å². The fraction of sp³-hybridized carbons (Fsp3) is 0.188. The van der Waals surface area contributed by atoms with E-state index in [-0.39, 0.29) is 5.56 Å². The molecule has 0 aliphatic carbocycles. The third-order valence-corrected chi connectivity index (χ3v) is 3.68. The number of nitrogens with one attached hydrogen (secondary N) is 1. The first-order valence-corrected chi connectivity index (χ1v) is 7.32. The van der Waals surface area contributed by atoms with Gasteiger partial charge in [0.2, 0.25) is 0 Å². The summed E-state index contributed by atoms with van der Waals surface area (Å²) in [5.74, 6) is 0.836. The number of benzene rings is 2. The summed E-state index contributed by atoms with van der Waals surface area (Å²) >= 11 is 11.9. The molecule has 2 aromatic carbocycles. The van der Waals surface area contributed by atoms with Gasteiger partial charge in [0.1, 0.15) is 5.75 Å². The summed E-state index contributed by atoms with van der Waals surface area (Å²) in [6.07, 6.45) is 0. The summed E-state index contributed by atoms with van der Waals surface area (Å²) in [6, 6.07) is 7.92. The zero-order chi connectivity index (χ0) is 17.0. The molecule has 7 heteroatoms. The molecule has 0 unspecified atom stereocenters. The van der Waals surface area contributed by atoms with Gasteiger partial charge in [-0.05, 0) is 18.2 Å². The van der Waals surface area contributed by atoms with Gasteiger partial charge in [-0.1, -0.05) is 23.2 Å². The number of hydrogen-bond donors (Lipinski definition) is 1. The molecule has 0 atom stereocenters. The summed E-state index contributed by atoms with van der Waals surface area (Å²) in [5, 5.41) is 3.53. The molecule has 2 rings (SSSR count). The van der Waals surface area contributed by atoms with Crippen molar-refractivity contribution in [3.05, 3.63) is 45.9 Å². The van der Waals surface area contributed by atoms with E-state index in [1.807, 2.05) is 0 Å². The number of halogens is 2. The van der Waals surface area contributed by atoms with E-state index in [0.717, 1.165) is 0 Å². The Bertz CT molecular complexity index is 734. The first-order valence-electron chi connectivity index (χ1n) is 6.56. The number of anilines is 1. The molecule has 0 fully saturated rings. The van der Waals surface area contributed by atoms with Gasteiger partial charge < -0.3 is 19.5 Å². The number of hydrogen-bond acceptors (Lipinski definition) is 4. The van der Waals surface area contributed by atoms with Crippen LogP contribution in [-0.4, -0.2) is 27.2 Å². The molecule has 0 spiro atoms. The standard InChI is InChI=1S/C16H15Cl2NO4/c1-21-13-8-15(23-3)14(22-2)7-10(13)16(20)19-12-5-4-9(17)6-11(12)18/h4-8H,1-3H3,(H,19,20). The van der Waals surface area contributed by atoms with E-state index in [4.69, 9.17) is 37.4 Å². The number of carbonyl (C=O) groups is 1. The molecule has 0 aliphatic rings. The predicted molar refractivity (Wildman–Crippen MR) is 90.5 cm³/mol. The van der Waals surface area contributed by atoms with Crippen molar-refractivity contribution in [1.82, 2.24) is 0 Å². The molecule has 0 radical (unpaired) electrons. The molecular formula is C16H15Cl2NO4. The average molecular weight is 356 g/mol. The van der Waals surface area contributed by atoms with Crippen LogP contribution in [0.1, 0.15) is 10.4 Å². The normalized spacial score (nSPS) is 10.1. The maximum Gasteiger partial charge on any atom is 0.259 e. The van der Waals surface area contributed by atoms with Crippen molar-refractivity contribution >= 4 is 34.8 Å². The maximum atomic E-state index is 12.5. The topological polar surface area (TPSA) is 56.8 Å². The molecule has 5 nitrogen and oxygen atoms in total. The fourth-order valence-corrected chi connectivity index (χ4v) is 2.44. The largest absolute Gasteiger partial charge is 0.496 e. The van der Waals surface area contributed by atoms with Crippen LogP contribution in [0, 0.1) is 0 Å². The molecule has 0 bridgehead atoms. The Morgan fingerprint density at radius 3 is 2.09 bits per heavy atom. The van der Waals surface area contributed by atoms with Crippen LogP contribution in [0.4, 0.5) is 5.69 Å². The lowest BCUT2D eigenvalue weighted by molar-refractivity contribution is 0.102. The van der Waals surface area contributed by atoms with Crippen LogP contribution in [0.3, 0.4) is 0 Å². The van der Waals surface area contributed by atoms with Crippen molar-refractivity contribution in [2.45, 2.75) is 0 Å². The molecule has 122 valence electrons. The third-order valence-electron chi connectivity index (χ3n) is 3.13. The lowest BCUT2D eigenvalue weighted by Crippen LogP contribution is -2.14. The zero-order valence-corrected chi connectivity index (χ0v) is 14.3. The molecule has 1 amide bonds. The Balaban J connectivity index is 2.38. The molecule has 0 saturated carbocycles. The molecule has 0 saturated heterocycles. The molecule has 23 heavy (non-hydrogen) atoms. The summed E-state index contributed by atoms with van der Waals surface area (Å²) < 4.78 is 15.6. The van der Waals surface area contributed by atoms with E-state index in [1.165, 1.54) is 27.4 Å². The fourth-order valence-electron chi connectivity index (χ4n) is 1.99. The van der Waals surface area contributed by atoms with Crippen molar-refractivity contribution in [3.8, 4) is 17.2 Å². The Labute approximate surface area is 144 Å². The van der Waals surface area contributed by atoms with Gasteiger partial charge in [-0.25, -0.2) is 0 Å². The highest BCUT2D eigenvalue weighted by atomic mass is 35.5. The second kappa shape index (κ2) is 7.44. The second-order valence-corrected chi connectivity index (χ2v) is 5.33. The van der Waals surface area contributed by atoms with Gasteiger partial charge in [0.05, 0.1) is 37.6 Å². The Kier molecular flexibility index (Phi) is 5.58. The summed E-state index contributed by atoms with van der Waals surface area (Å²) in [7, 11) is 4.46. The van der Waals surface area contributed by atoms with Gasteiger partial charge in [0, 0.05) is 17.2 Å². The van der Waals surface area contributed by atoms with Gasteiger partial charge in [0.15, 0.2) is 11.5 Å². The summed E-state index contributed by atoms with van der Waals surface area (Å²) in [6.45, 7) is 0. The van der Waals surface area contributed by atoms with E-state index in [9.17, 15) is 4.79 Å². The highest BCUT2D eigenvalue weighted by Crippen LogP contribution is 2.35. The van der Waals surface area contributed by atoms with Gasteiger partial charge in [-0.2, -0.15) is 0 Å². The van der Waals surface area contributed by atoms with E-state index >= 15 is 0 Å². The number of rotatable bonds is 5. The van der Waals surface area contributed by atoms with Crippen molar-refractivity contribution in [2.75, 3.05) is 26.6 Å². The van der Waals surface area contributed by atoms with E-state index < -0.39 is 5.91 Å². The number of methoxy groups -OCH3 is 3. The first-order chi connectivity index (χ1) is 11.0. The molecule has 1 N–H and O–H groups in total. The van der Waals surface area contributed by atoms with Crippen LogP contribution < -0.4 is 19.5 Å². The van der Waals surface area contributed by atoms with Crippen LogP contribution in [0.15, 0.2) is 30.3 Å². The smallest absolute Gasteiger partial charge is 0.259 e. The lowest BCUT2D eigenvalue weighted by atomic mass is 10.1. The third kappa shape index (κ3) is 3.81. The van der Waals surface area contributed by atoms with Gasteiger partial charge in [-0.15, -0.1) is 0 Å². The Hall–Kier alpha value is -2.11. The molecular weight excluding hydrogens is 341 g/mol. The van der Waals surface area contributed by atoms with Crippen LogP contribution >= 0.6 is 23.2 Å². The van der Waals surface area contributed by atoms with Crippen LogP contribution in [0.2, 0.25) is 10.0 Å². The molecule has 0 aliphatic heterocycles. The summed E-state index contributed by atoms with van der Waals surface area (Å²) in [4.78, 5) is 12.5. The first kappa shape index (κ1) is 17.2. The zero-order valence-electron chi connectivity index (χ0n) is 12.8. The van der Waals surface area contributed by atoms with Crippen molar-refractivity contribution in [1.29, 1.82) is 0 Å².